The van der Waals surface area contributed by atoms with E-state index >= 15 is 0 Å². The molecule has 1 atom stereocenters. The molecule has 1 aromatic heterocycles. The minimum Gasteiger partial charge on any atom is -0.459 e. The van der Waals surface area contributed by atoms with Gasteiger partial charge in [0, 0.05) is 17.3 Å². The van der Waals surface area contributed by atoms with E-state index in [9.17, 15) is 14.4 Å². The molecule has 3 aromatic rings. The van der Waals surface area contributed by atoms with E-state index in [-0.39, 0.29) is 23.3 Å². The zero-order chi connectivity index (χ0) is 21.8. The molecule has 1 aliphatic rings. The molecule has 0 saturated heterocycles. The molecule has 2 aromatic carbocycles. The van der Waals surface area contributed by atoms with Crippen molar-refractivity contribution in [3.05, 3.63) is 89.4 Å². The first-order valence-corrected chi connectivity index (χ1v) is 10.0. The number of amides is 2. The van der Waals surface area contributed by atoms with Crippen LogP contribution >= 0.6 is 0 Å². The van der Waals surface area contributed by atoms with Gasteiger partial charge in [0.05, 0.1) is 11.8 Å². The van der Waals surface area contributed by atoms with Crippen molar-refractivity contribution in [1.29, 1.82) is 0 Å². The van der Waals surface area contributed by atoms with Crippen LogP contribution in [0.25, 0.3) is 0 Å². The third kappa shape index (κ3) is 5.01. The Labute approximate surface area is 179 Å². The molecule has 1 saturated carbocycles. The number of rotatable bonds is 7. The van der Waals surface area contributed by atoms with Crippen LogP contribution in [0.4, 0.5) is 5.69 Å². The lowest BCUT2D eigenvalue weighted by Gasteiger charge is -2.18. The Morgan fingerprint density at radius 3 is 2.48 bits per heavy atom. The van der Waals surface area contributed by atoms with Crippen molar-refractivity contribution in [3.8, 4) is 0 Å². The van der Waals surface area contributed by atoms with Gasteiger partial charge in [-0.1, -0.05) is 36.4 Å². The van der Waals surface area contributed by atoms with Crippen molar-refractivity contribution in [2.75, 3.05) is 5.32 Å². The third-order valence-electron chi connectivity index (χ3n) is 4.96. The first-order valence-electron chi connectivity index (χ1n) is 10.0. The number of anilines is 1. The third-order valence-corrected chi connectivity index (χ3v) is 4.96. The van der Waals surface area contributed by atoms with Crippen LogP contribution in [0.15, 0.2) is 71.3 Å². The summed E-state index contributed by atoms with van der Waals surface area (Å²) in [6.45, 7) is 1.81. The molecule has 31 heavy (non-hydrogen) atoms. The van der Waals surface area contributed by atoms with Crippen molar-refractivity contribution in [1.82, 2.24) is 5.32 Å². The van der Waals surface area contributed by atoms with Gasteiger partial charge in [-0.3, -0.25) is 9.59 Å². The molecular weight excluding hydrogens is 396 g/mol. The van der Waals surface area contributed by atoms with Gasteiger partial charge in [-0.05, 0) is 49.6 Å². The molecule has 2 amide bonds. The quantitative estimate of drug-likeness (QED) is 0.565. The van der Waals surface area contributed by atoms with Crippen molar-refractivity contribution < 1.29 is 23.5 Å². The largest absolute Gasteiger partial charge is 0.459 e. The van der Waals surface area contributed by atoms with Crippen LogP contribution < -0.4 is 10.6 Å². The van der Waals surface area contributed by atoms with Gasteiger partial charge in [0.1, 0.15) is 0 Å². The van der Waals surface area contributed by atoms with Gasteiger partial charge in [0.25, 0.3) is 11.8 Å². The fourth-order valence-electron chi connectivity index (χ4n) is 3.06. The topological polar surface area (TPSA) is 97.6 Å². The highest BCUT2D eigenvalue weighted by molar-refractivity contribution is 6.03. The van der Waals surface area contributed by atoms with Crippen molar-refractivity contribution in [2.45, 2.75) is 31.9 Å². The van der Waals surface area contributed by atoms with E-state index in [1.165, 1.54) is 12.3 Å². The number of aryl methyl sites for hydroxylation is 1. The number of benzene rings is 2. The Morgan fingerprint density at radius 2 is 1.81 bits per heavy atom. The van der Waals surface area contributed by atoms with Gasteiger partial charge in [-0.2, -0.15) is 0 Å². The minimum absolute atomic E-state index is 0.139. The molecule has 1 fully saturated rings. The standard InChI is InChI=1S/C24H22N2O5/c1-15-9-10-17(14-19(15)26-22(27)20-8-5-13-30-20)24(29)31-21(16-6-3-2-4-7-16)23(28)25-18-11-12-18/h2-10,13-14,18,21H,11-12H2,1H3,(H,25,28)(H,26,27)/t21-/m1/s1. The molecule has 2 N–H and O–H groups in total. The van der Waals surface area contributed by atoms with Gasteiger partial charge >= 0.3 is 5.97 Å². The summed E-state index contributed by atoms with van der Waals surface area (Å²) in [6.07, 6.45) is 2.21. The number of furan rings is 1. The number of carbonyl (C=O) groups excluding carboxylic acids is 3. The zero-order valence-corrected chi connectivity index (χ0v) is 17.0. The first kappa shape index (κ1) is 20.4. The maximum absolute atomic E-state index is 12.9. The average Bonchev–Trinajstić information content (AvgIpc) is 3.41. The van der Waals surface area contributed by atoms with Crippen LogP contribution in [0.1, 0.15) is 51.0 Å². The average molecular weight is 418 g/mol. The predicted molar refractivity (Wildman–Crippen MR) is 114 cm³/mol. The molecule has 158 valence electrons. The highest BCUT2D eigenvalue weighted by Crippen LogP contribution is 2.25. The van der Waals surface area contributed by atoms with E-state index in [2.05, 4.69) is 10.6 Å². The Morgan fingerprint density at radius 1 is 1.03 bits per heavy atom. The number of carbonyl (C=O) groups is 3. The Bertz CT molecular complexity index is 1090. The van der Waals surface area contributed by atoms with Gasteiger partial charge in [0.15, 0.2) is 5.76 Å². The summed E-state index contributed by atoms with van der Waals surface area (Å²) in [4.78, 5) is 37.9. The lowest BCUT2D eigenvalue weighted by atomic mass is 10.1. The van der Waals surface area contributed by atoms with E-state index in [0.717, 1.165) is 18.4 Å². The van der Waals surface area contributed by atoms with Crippen LogP contribution in [-0.2, 0) is 9.53 Å². The van der Waals surface area contributed by atoms with Crippen LogP contribution in [0.2, 0.25) is 0 Å². The lowest BCUT2D eigenvalue weighted by molar-refractivity contribution is -0.130. The fraction of sp³-hybridized carbons (Fsp3) is 0.208. The molecule has 0 aliphatic heterocycles. The van der Waals surface area contributed by atoms with Gasteiger partial charge < -0.3 is 19.8 Å². The summed E-state index contributed by atoms with van der Waals surface area (Å²) < 4.78 is 10.7. The molecule has 0 unspecified atom stereocenters. The first-order chi connectivity index (χ1) is 15.0. The molecule has 1 heterocycles. The van der Waals surface area contributed by atoms with Gasteiger partial charge in [-0.15, -0.1) is 0 Å². The van der Waals surface area contributed by atoms with E-state index in [1.807, 2.05) is 13.0 Å². The summed E-state index contributed by atoms with van der Waals surface area (Å²) >= 11 is 0. The highest BCUT2D eigenvalue weighted by Gasteiger charge is 2.31. The summed E-state index contributed by atoms with van der Waals surface area (Å²) in [5.41, 5.74) is 2.03. The SMILES string of the molecule is Cc1ccc(C(=O)O[C@@H](C(=O)NC2CC2)c2ccccc2)cc1NC(=O)c1ccco1. The zero-order valence-electron chi connectivity index (χ0n) is 17.0. The van der Waals surface area contributed by atoms with Crippen molar-refractivity contribution in [3.63, 3.8) is 0 Å². The summed E-state index contributed by atoms with van der Waals surface area (Å²) in [7, 11) is 0. The lowest BCUT2D eigenvalue weighted by Crippen LogP contribution is -2.33. The van der Waals surface area contributed by atoms with Crippen LogP contribution in [-0.4, -0.2) is 23.8 Å². The maximum atomic E-state index is 12.9. The molecule has 7 nitrogen and oxygen atoms in total. The Kier molecular flexibility index (Phi) is 5.84. The Hall–Kier alpha value is -3.87. The molecular formula is C24H22N2O5. The second-order valence-corrected chi connectivity index (χ2v) is 7.44. The number of nitrogens with one attached hydrogen (secondary N) is 2. The van der Waals surface area contributed by atoms with Crippen molar-refractivity contribution >= 4 is 23.5 Å². The Balaban J connectivity index is 1.53. The number of ether oxygens (including phenoxy) is 1. The second kappa shape index (κ2) is 8.87. The fourth-order valence-corrected chi connectivity index (χ4v) is 3.06. The summed E-state index contributed by atoms with van der Waals surface area (Å²) in [6, 6.07) is 17.0. The number of hydrogen-bond donors (Lipinski definition) is 2. The molecule has 4 rings (SSSR count). The number of hydrogen-bond acceptors (Lipinski definition) is 5. The second-order valence-electron chi connectivity index (χ2n) is 7.44. The molecule has 0 bridgehead atoms. The molecule has 0 radical (unpaired) electrons. The smallest absolute Gasteiger partial charge is 0.339 e. The van der Waals surface area contributed by atoms with Gasteiger partial charge in [0.2, 0.25) is 6.10 Å². The van der Waals surface area contributed by atoms with Crippen LogP contribution in [0.3, 0.4) is 0 Å². The number of esters is 1. The predicted octanol–water partition coefficient (Wildman–Crippen LogP) is 4.02. The highest BCUT2D eigenvalue weighted by atomic mass is 16.5. The summed E-state index contributed by atoms with van der Waals surface area (Å²) in [5.74, 6) is -1.27. The van der Waals surface area contributed by atoms with E-state index in [4.69, 9.17) is 9.15 Å². The monoisotopic (exact) mass is 418 g/mol. The normalized spacial score (nSPS) is 13.8. The van der Waals surface area contributed by atoms with Gasteiger partial charge in [-0.25, -0.2) is 4.79 Å². The molecule has 1 aliphatic carbocycles. The van der Waals surface area contributed by atoms with Crippen molar-refractivity contribution in [2.24, 2.45) is 0 Å². The molecule has 7 heteroatoms. The summed E-state index contributed by atoms with van der Waals surface area (Å²) in [5, 5.41) is 5.62. The van der Waals surface area contributed by atoms with E-state index in [1.54, 1.807) is 48.5 Å². The van der Waals surface area contributed by atoms with E-state index in [0.29, 0.717) is 11.3 Å². The minimum atomic E-state index is -1.06. The van der Waals surface area contributed by atoms with Crippen LogP contribution in [0.5, 0.6) is 0 Å². The van der Waals surface area contributed by atoms with Crippen LogP contribution in [0, 0.1) is 6.92 Å². The maximum Gasteiger partial charge on any atom is 0.339 e. The van der Waals surface area contributed by atoms with E-state index < -0.39 is 18.0 Å². The molecule has 0 spiro atoms.